The first-order valence-electron chi connectivity index (χ1n) is 6.02. The van der Waals surface area contributed by atoms with Crippen molar-refractivity contribution in [2.24, 2.45) is 0 Å². The van der Waals surface area contributed by atoms with Crippen molar-refractivity contribution in [1.29, 1.82) is 0 Å². The zero-order chi connectivity index (χ0) is 11.9. The molecular formula is C12H26FNO. The van der Waals surface area contributed by atoms with E-state index in [0.29, 0.717) is 12.6 Å². The van der Waals surface area contributed by atoms with Gasteiger partial charge >= 0.3 is 0 Å². The van der Waals surface area contributed by atoms with Crippen molar-refractivity contribution in [3.63, 3.8) is 0 Å². The highest BCUT2D eigenvalue weighted by molar-refractivity contribution is 4.75. The highest BCUT2D eigenvalue weighted by Crippen LogP contribution is 2.19. The number of ether oxygens (including phenoxy) is 1. The molecule has 0 aromatic rings. The van der Waals surface area contributed by atoms with Crippen molar-refractivity contribution in [3.8, 4) is 0 Å². The number of hydrogen-bond acceptors (Lipinski definition) is 2. The second-order valence-electron chi connectivity index (χ2n) is 4.28. The first-order valence-corrected chi connectivity index (χ1v) is 6.02. The predicted octanol–water partition coefficient (Wildman–Crippen LogP) is 3.22. The highest BCUT2D eigenvalue weighted by Gasteiger charge is 2.22. The maximum absolute atomic E-state index is 12.9. The lowest BCUT2D eigenvalue weighted by Gasteiger charge is -2.21. The van der Waals surface area contributed by atoms with Crippen LogP contribution in [0, 0.1) is 0 Å². The summed E-state index contributed by atoms with van der Waals surface area (Å²) in [5.41, 5.74) is 0. The Labute approximate surface area is 93.8 Å². The molecule has 0 bridgehead atoms. The summed E-state index contributed by atoms with van der Waals surface area (Å²) < 4.78 is 18.0. The van der Waals surface area contributed by atoms with Crippen LogP contribution in [0.2, 0.25) is 0 Å². The van der Waals surface area contributed by atoms with Gasteiger partial charge in [-0.1, -0.05) is 13.8 Å². The molecule has 0 aliphatic carbocycles. The number of hydrogen-bond donors (Lipinski definition) is 0. The van der Waals surface area contributed by atoms with Gasteiger partial charge in [0.1, 0.15) is 0 Å². The summed E-state index contributed by atoms with van der Waals surface area (Å²) in [5.74, 6) is -1.48. The first kappa shape index (κ1) is 14.8. The minimum atomic E-state index is -1.48. The van der Waals surface area contributed by atoms with Crippen LogP contribution in [0.25, 0.3) is 0 Å². The molecule has 2 nitrogen and oxygen atoms in total. The summed E-state index contributed by atoms with van der Waals surface area (Å²) in [6.45, 7) is 8.60. The molecular weight excluding hydrogens is 193 g/mol. The molecule has 0 spiro atoms. The third-order valence-electron chi connectivity index (χ3n) is 2.57. The highest BCUT2D eigenvalue weighted by atomic mass is 19.2. The number of alkyl halides is 1. The number of halogens is 1. The maximum atomic E-state index is 12.9. The summed E-state index contributed by atoms with van der Waals surface area (Å²) in [4.78, 5) is 2.33. The summed E-state index contributed by atoms with van der Waals surface area (Å²) in [6.07, 6.45) is 3.44. The van der Waals surface area contributed by atoms with Crippen LogP contribution in [-0.4, -0.2) is 37.0 Å². The second kappa shape index (κ2) is 7.18. The lowest BCUT2D eigenvalue weighted by atomic mass is 10.1. The number of rotatable bonds is 4. The fourth-order valence-electron chi connectivity index (χ4n) is 1.78. The zero-order valence-electron chi connectivity index (χ0n) is 10.8. The van der Waals surface area contributed by atoms with Crippen molar-refractivity contribution < 1.29 is 9.13 Å². The van der Waals surface area contributed by atoms with Gasteiger partial charge in [-0.15, -0.1) is 0 Å². The van der Waals surface area contributed by atoms with E-state index in [4.69, 9.17) is 4.74 Å². The van der Waals surface area contributed by atoms with Gasteiger partial charge in [0.2, 0.25) is 5.85 Å². The summed E-state index contributed by atoms with van der Waals surface area (Å²) >= 11 is 0. The summed E-state index contributed by atoms with van der Waals surface area (Å²) in [7, 11) is 2.12. The fraction of sp³-hybridized carbons (Fsp3) is 1.00. The van der Waals surface area contributed by atoms with Gasteiger partial charge in [0.25, 0.3) is 0 Å². The molecule has 1 atom stereocenters. The van der Waals surface area contributed by atoms with Crippen molar-refractivity contribution >= 4 is 0 Å². The van der Waals surface area contributed by atoms with Gasteiger partial charge in [-0.3, -0.25) is 0 Å². The monoisotopic (exact) mass is 219 g/mol. The molecule has 1 aliphatic rings. The van der Waals surface area contributed by atoms with E-state index in [-0.39, 0.29) is 0 Å². The van der Waals surface area contributed by atoms with Crippen LogP contribution in [0.1, 0.15) is 47.0 Å². The molecule has 0 aromatic carbocycles. The van der Waals surface area contributed by atoms with Gasteiger partial charge in [0.15, 0.2) is 0 Å². The van der Waals surface area contributed by atoms with Crippen molar-refractivity contribution in [2.45, 2.75) is 58.9 Å². The predicted molar refractivity (Wildman–Crippen MR) is 62.8 cm³/mol. The van der Waals surface area contributed by atoms with Crippen LogP contribution in [0.3, 0.4) is 0 Å². The molecule has 0 radical (unpaired) electrons. The molecule has 0 N–H and O–H groups in total. The van der Waals surface area contributed by atoms with Gasteiger partial charge in [-0.25, -0.2) is 4.39 Å². The third-order valence-corrected chi connectivity index (χ3v) is 2.57. The van der Waals surface area contributed by atoms with Crippen LogP contribution in [0.4, 0.5) is 4.39 Å². The smallest absolute Gasteiger partial charge is 0.203 e. The van der Waals surface area contributed by atoms with Crippen molar-refractivity contribution in [3.05, 3.63) is 0 Å². The number of likely N-dealkylation sites (tertiary alicyclic amines) is 1. The molecule has 92 valence electrons. The van der Waals surface area contributed by atoms with E-state index < -0.39 is 5.85 Å². The lowest BCUT2D eigenvalue weighted by Crippen LogP contribution is -2.28. The summed E-state index contributed by atoms with van der Waals surface area (Å²) in [5, 5.41) is 0. The molecule has 0 saturated carbocycles. The Morgan fingerprint density at radius 2 is 2.00 bits per heavy atom. The van der Waals surface area contributed by atoms with Crippen LogP contribution in [0.5, 0.6) is 0 Å². The molecule has 1 unspecified atom stereocenters. The topological polar surface area (TPSA) is 12.5 Å². The van der Waals surface area contributed by atoms with Gasteiger partial charge in [0.05, 0.1) is 6.61 Å². The Balaban J connectivity index is 0.000000921. The average Bonchev–Trinajstić information content (AvgIpc) is 2.53. The minimum absolute atomic E-state index is 0.526. The Morgan fingerprint density at radius 1 is 1.40 bits per heavy atom. The Bertz CT molecular complexity index is 156. The average molecular weight is 219 g/mol. The first-order chi connectivity index (χ1) is 6.99. The normalized spacial score (nSPS) is 22.4. The van der Waals surface area contributed by atoms with Crippen LogP contribution in [0.15, 0.2) is 0 Å². The Kier molecular flexibility index (Phi) is 7.11. The maximum Gasteiger partial charge on any atom is 0.203 e. The third kappa shape index (κ3) is 6.85. The summed E-state index contributed by atoms with van der Waals surface area (Å²) in [6, 6.07) is 0.599. The SMILES string of the molecule is CC.CN1CCCC1CCOC(C)(C)F. The van der Waals surface area contributed by atoms with E-state index >= 15 is 0 Å². The van der Waals surface area contributed by atoms with E-state index in [2.05, 4.69) is 11.9 Å². The van der Waals surface area contributed by atoms with Crippen LogP contribution < -0.4 is 0 Å². The molecule has 1 rings (SSSR count). The molecule has 1 heterocycles. The number of nitrogens with zero attached hydrogens (tertiary/aromatic N) is 1. The van der Waals surface area contributed by atoms with E-state index in [1.807, 2.05) is 13.8 Å². The van der Waals surface area contributed by atoms with E-state index in [1.54, 1.807) is 0 Å². The molecule has 0 aromatic heterocycles. The van der Waals surface area contributed by atoms with E-state index in [9.17, 15) is 4.39 Å². The van der Waals surface area contributed by atoms with Crippen molar-refractivity contribution in [2.75, 3.05) is 20.2 Å². The Hall–Kier alpha value is -0.150. The molecule has 0 amide bonds. The molecule has 1 saturated heterocycles. The van der Waals surface area contributed by atoms with Gasteiger partial charge in [-0.05, 0) is 46.7 Å². The van der Waals surface area contributed by atoms with Crippen LogP contribution >= 0.6 is 0 Å². The van der Waals surface area contributed by atoms with Gasteiger partial charge in [0, 0.05) is 6.04 Å². The minimum Gasteiger partial charge on any atom is -0.346 e. The van der Waals surface area contributed by atoms with Crippen LogP contribution in [-0.2, 0) is 4.74 Å². The van der Waals surface area contributed by atoms with E-state index in [0.717, 1.165) is 6.42 Å². The second-order valence-corrected chi connectivity index (χ2v) is 4.28. The van der Waals surface area contributed by atoms with Gasteiger partial charge < -0.3 is 9.64 Å². The standard InChI is InChI=1S/C10H20FNO.C2H6/c1-10(2,11)13-8-6-9-5-4-7-12(9)3;1-2/h9H,4-8H2,1-3H3;1-2H3. The quantitative estimate of drug-likeness (QED) is 0.720. The van der Waals surface area contributed by atoms with E-state index in [1.165, 1.54) is 33.2 Å². The molecule has 3 heteroatoms. The van der Waals surface area contributed by atoms with Gasteiger partial charge in [-0.2, -0.15) is 0 Å². The zero-order valence-corrected chi connectivity index (χ0v) is 10.8. The lowest BCUT2D eigenvalue weighted by molar-refractivity contribution is -0.119. The Morgan fingerprint density at radius 3 is 2.40 bits per heavy atom. The molecule has 1 fully saturated rings. The molecule has 1 aliphatic heterocycles. The van der Waals surface area contributed by atoms with Crippen molar-refractivity contribution in [1.82, 2.24) is 4.90 Å². The largest absolute Gasteiger partial charge is 0.346 e. The fourth-order valence-corrected chi connectivity index (χ4v) is 1.78. The molecule has 15 heavy (non-hydrogen) atoms.